The Morgan fingerprint density at radius 1 is 1.37 bits per heavy atom. The van der Waals surface area contributed by atoms with Crippen LogP contribution in [-0.4, -0.2) is 35.0 Å². The van der Waals surface area contributed by atoms with Gasteiger partial charge in [0.25, 0.3) is 0 Å². The Kier molecular flexibility index (Phi) is 3.78. The van der Waals surface area contributed by atoms with Crippen molar-refractivity contribution in [3.8, 4) is 0 Å². The number of hydrogen-bond donors (Lipinski definition) is 1. The Labute approximate surface area is 115 Å². The van der Waals surface area contributed by atoms with Gasteiger partial charge in [-0.05, 0) is 40.2 Å². The van der Waals surface area contributed by atoms with Gasteiger partial charge in [-0.1, -0.05) is 0 Å². The highest BCUT2D eigenvalue weighted by Crippen LogP contribution is 2.28. The average molecular weight is 264 g/mol. The van der Waals surface area contributed by atoms with E-state index >= 15 is 0 Å². The molecule has 5 heteroatoms. The molecule has 1 saturated heterocycles. The standard InChI is InChI=1S/C14H24N4O/c1-9-7-18(8-14(4,5)19-9)13-12(6-15)10(2)11(3)16-17-13/h9H,6-8,15H2,1-5H3. The van der Waals surface area contributed by atoms with Crippen LogP contribution >= 0.6 is 0 Å². The fourth-order valence-electron chi connectivity index (χ4n) is 2.76. The van der Waals surface area contributed by atoms with Crippen molar-refractivity contribution < 1.29 is 4.74 Å². The number of nitrogens with two attached hydrogens (primary N) is 1. The molecule has 1 fully saturated rings. The number of anilines is 1. The first kappa shape index (κ1) is 14.2. The fraction of sp³-hybridized carbons (Fsp3) is 0.714. The number of ether oxygens (including phenoxy) is 1. The summed E-state index contributed by atoms with van der Waals surface area (Å²) in [6, 6.07) is 0. The number of hydrogen-bond acceptors (Lipinski definition) is 5. The molecular formula is C14H24N4O. The van der Waals surface area contributed by atoms with Crippen LogP contribution in [0.1, 0.15) is 37.6 Å². The molecule has 0 spiro atoms. The zero-order valence-electron chi connectivity index (χ0n) is 12.5. The molecule has 1 aromatic heterocycles. The molecule has 0 saturated carbocycles. The van der Waals surface area contributed by atoms with E-state index in [1.165, 1.54) is 0 Å². The summed E-state index contributed by atoms with van der Waals surface area (Å²) < 4.78 is 5.93. The molecule has 0 bridgehead atoms. The lowest BCUT2D eigenvalue weighted by atomic mass is 10.0. The van der Waals surface area contributed by atoms with Gasteiger partial charge in [0, 0.05) is 25.2 Å². The maximum atomic E-state index is 5.93. The molecule has 1 aliphatic rings. The number of morpholine rings is 1. The normalized spacial score (nSPS) is 22.6. The highest BCUT2D eigenvalue weighted by atomic mass is 16.5. The summed E-state index contributed by atoms with van der Waals surface area (Å²) in [4.78, 5) is 2.25. The van der Waals surface area contributed by atoms with Gasteiger partial charge in [-0.2, -0.15) is 5.10 Å². The Hall–Kier alpha value is -1.20. The minimum atomic E-state index is -0.177. The maximum absolute atomic E-state index is 5.93. The van der Waals surface area contributed by atoms with Crippen molar-refractivity contribution in [1.82, 2.24) is 10.2 Å². The molecule has 1 aromatic rings. The molecule has 1 aliphatic heterocycles. The van der Waals surface area contributed by atoms with Gasteiger partial charge < -0.3 is 15.4 Å². The molecule has 2 rings (SSSR count). The average Bonchev–Trinajstić information content (AvgIpc) is 2.29. The minimum absolute atomic E-state index is 0.177. The number of aryl methyl sites for hydroxylation is 1. The fourth-order valence-corrected chi connectivity index (χ4v) is 2.76. The first-order valence-electron chi connectivity index (χ1n) is 6.79. The topological polar surface area (TPSA) is 64.3 Å². The van der Waals surface area contributed by atoms with Crippen molar-refractivity contribution >= 4 is 5.82 Å². The largest absolute Gasteiger partial charge is 0.369 e. The van der Waals surface area contributed by atoms with Crippen molar-refractivity contribution in [3.05, 3.63) is 16.8 Å². The van der Waals surface area contributed by atoms with Crippen molar-refractivity contribution in [3.63, 3.8) is 0 Å². The van der Waals surface area contributed by atoms with Crippen molar-refractivity contribution in [2.24, 2.45) is 5.73 Å². The lowest BCUT2D eigenvalue weighted by Gasteiger charge is -2.42. The summed E-state index contributed by atoms with van der Waals surface area (Å²) in [5, 5.41) is 8.62. The number of rotatable bonds is 2. The van der Waals surface area contributed by atoms with Gasteiger partial charge in [0.1, 0.15) is 0 Å². The van der Waals surface area contributed by atoms with Crippen molar-refractivity contribution in [2.45, 2.75) is 52.9 Å². The van der Waals surface area contributed by atoms with Crippen LogP contribution in [0.15, 0.2) is 0 Å². The van der Waals surface area contributed by atoms with Crippen LogP contribution in [0.3, 0.4) is 0 Å². The zero-order chi connectivity index (χ0) is 14.2. The van der Waals surface area contributed by atoms with E-state index in [0.29, 0.717) is 6.54 Å². The first-order chi connectivity index (χ1) is 8.84. The second-order valence-electron chi connectivity index (χ2n) is 5.99. The Balaban J connectivity index is 2.39. The molecule has 19 heavy (non-hydrogen) atoms. The van der Waals surface area contributed by atoms with Crippen molar-refractivity contribution in [1.29, 1.82) is 0 Å². The third-order valence-electron chi connectivity index (χ3n) is 3.63. The van der Waals surface area contributed by atoms with Crippen LogP contribution in [-0.2, 0) is 11.3 Å². The molecule has 0 amide bonds. The summed E-state index contributed by atoms with van der Waals surface area (Å²) in [5.41, 5.74) is 8.91. The molecule has 1 unspecified atom stereocenters. The summed E-state index contributed by atoms with van der Waals surface area (Å²) in [6.07, 6.45) is 0.179. The summed E-state index contributed by atoms with van der Waals surface area (Å²) >= 11 is 0. The Morgan fingerprint density at radius 2 is 2.05 bits per heavy atom. The first-order valence-corrected chi connectivity index (χ1v) is 6.79. The van der Waals surface area contributed by atoms with Gasteiger partial charge in [-0.15, -0.1) is 5.10 Å². The minimum Gasteiger partial charge on any atom is -0.369 e. The predicted octanol–water partition coefficient (Wildman–Crippen LogP) is 1.56. The zero-order valence-corrected chi connectivity index (χ0v) is 12.5. The van der Waals surface area contributed by atoms with Crippen LogP contribution in [0.2, 0.25) is 0 Å². The van der Waals surface area contributed by atoms with E-state index in [0.717, 1.165) is 35.7 Å². The maximum Gasteiger partial charge on any atom is 0.156 e. The van der Waals surface area contributed by atoms with E-state index in [-0.39, 0.29) is 11.7 Å². The van der Waals surface area contributed by atoms with E-state index in [2.05, 4.69) is 42.8 Å². The molecule has 1 atom stereocenters. The Bertz CT molecular complexity index is 473. The van der Waals surface area contributed by atoms with Crippen molar-refractivity contribution in [2.75, 3.05) is 18.0 Å². The van der Waals surface area contributed by atoms with E-state index in [1.54, 1.807) is 0 Å². The number of aromatic nitrogens is 2. The molecule has 0 radical (unpaired) electrons. The summed E-state index contributed by atoms with van der Waals surface area (Å²) in [6.45, 7) is 12.4. The lowest BCUT2D eigenvalue weighted by Crippen LogP contribution is -2.52. The highest BCUT2D eigenvalue weighted by molar-refractivity contribution is 5.51. The summed E-state index contributed by atoms with van der Waals surface area (Å²) in [5.74, 6) is 0.911. The molecule has 0 aromatic carbocycles. The van der Waals surface area contributed by atoms with Gasteiger partial charge in [-0.25, -0.2) is 0 Å². The van der Waals surface area contributed by atoms with Gasteiger partial charge in [0.15, 0.2) is 5.82 Å². The SMILES string of the molecule is Cc1nnc(N2CC(C)OC(C)(C)C2)c(CN)c1C. The Morgan fingerprint density at radius 3 is 2.63 bits per heavy atom. The van der Waals surface area contributed by atoms with E-state index < -0.39 is 0 Å². The van der Waals surface area contributed by atoms with Crippen LogP contribution in [0.4, 0.5) is 5.82 Å². The number of nitrogens with zero attached hydrogens (tertiary/aromatic N) is 3. The molecule has 106 valence electrons. The van der Waals surface area contributed by atoms with E-state index in [9.17, 15) is 0 Å². The molecule has 0 aliphatic carbocycles. The monoisotopic (exact) mass is 264 g/mol. The third kappa shape index (κ3) is 2.87. The van der Waals surface area contributed by atoms with E-state index in [1.807, 2.05) is 6.92 Å². The lowest BCUT2D eigenvalue weighted by molar-refractivity contribution is -0.0752. The summed E-state index contributed by atoms with van der Waals surface area (Å²) in [7, 11) is 0. The second-order valence-corrected chi connectivity index (χ2v) is 5.99. The highest BCUT2D eigenvalue weighted by Gasteiger charge is 2.33. The molecule has 2 heterocycles. The third-order valence-corrected chi connectivity index (χ3v) is 3.63. The van der Waals surface area contributed by atoms with Crippen LogP contribution in [0, 0.1) is 13.8 Å². The molecule has 5 nitrogen and oxygen atoms in total. The van der Waals surface area contributed by atoms with Crippen LogP contribution in [0.25, 0.3) is 0 Å². The van der Waals surface area contributed by atoms with Gasteiger partial charge >= 0.3 is 0 Å². The second kappa shape index (κ2) is 5.06. The van der Waals surface area contributed by atoms with Crippen LogP contribution in [0.5, 0.6) is 0 Å². The predicted molar refractivity (Wildman–Crippen MR) is 76.2 cm³/mol. The van der Waals surface area contributed by atoms with Gasteiger partial charge in [0.2, 0.25) is 0 Å². The van der Waals surface area contributed by atoms with E-state index in [4.69, 9.17) is 10.5 Å². The molecular weight excluding hydrogens is 240 g/mol. The smallest absolute Gasteiger partial charge is 0.156 e. The van der Waals surface area contributed by atoms with Crippen LogP contribution < -0.4 is 10.6 Å². The van der Waals surface area contributed by atoms with Gasteiger partial charge in [-0.3, -0.25) is 0 Å². The molecule has 2 N–H and O–H groups in total. The quantitative estimate of drug-likeness (QED) is 0.878. The van der Waals surface area contributed by atoms with Gasteiger partial charge in [0.05, 0.1) is 17.4 Å².